The molecule has 5 heteroatoms. The van der Waals surface area contributed by atoms with Crippen LogP contribution in [0.25, 0.3) is 0 Å². The van der Waals surface area contributed by atoms with Crippen molar-refractivity contribution in [2.45, 2.75) is 32.7 Å². The minimum atomic E-state index is -0.158. The SMILES string of the molecule is Cc1ccccc1CNC(=O)c1ccnc(N2CCCCC2)n1. The molecule has 23 heavy (non-hydrogen) atoms. The van der Waals surface area contributed by atoms with E-state index in [-0.39, 0.29) is 5.91 Å². The number of rotatable bonds is 4. The maximum atomic E-state index is 12.3. The molecule has 1 saturated heterocycles. The average Bonchev–Trinajstić information content (AvgIpc) is 2.62. The van der Waals surface area contributed by atoms with Gasteiger partial charge in [0, 0.05) is 25.8 Å². The number of benzene rings is 1. The zero-order valence-corrected chi connectivity index (χ0v) is 13.5. The summed E-state index contributed by atoms with van der Waals surface area (Å²) in [6.07, 6.45) is 5.24. The number of piperidine rings is 1. The van der Waals surface area contributed by atoms with Crippen molar-refractivity contribution < 1.29 is 4.79 Å². The van der Waals surface area contributed by atoms with E-state index >= 15 is 0 Å². The van der Waals surface area contributed by atoms with E-state index in [4.69, 9.17) is 0 Å². The van der Waals surface area contributed by atoms with Gasteiger partial charge in [-0.25, -0.2) is 9.97 Å². The lowest BCUT2D eigenvalue weighted by Crippen LogP contribution is -2.32. The van der Waals surface area contributed by atoms with Crippen molar-refractivity contribution in [1.82, 2.24) is 15.3 Å². The van der Waals surface area contributed by atoms with Gasteiger partial charge in [-0.15, -0.1) is 0 Å². The molecular formula is C18H22N4O. The van der Waals surface area contributed by atoms with E-state index < -0.39 is 0 Å². The number of aryl methyl sites for hydroxylation is 1. The molecule has 0 unspecified atom stereocenters. The smallest absolute Gasteiger partial charge is 0.270 e. The fourth-order valence-corrected chi connectivity index (χ4v) is 2.80. The minimum absolute atomic E-state index is 0.158. The number of anilines is 1. The first kappa shape index (κ1) is 15.5. The molecule has 0 atom stereocenters. The quantitative estimate of drug-likeness (QED) is 0.943. The second kappa shape index (κ2) is 7.22. The van der Waals surface area contributed by atoms with Crippen molar-refractivity contribution in [3.8, 4) is 0 Å². The van der Waals surface area contributed by atoms with Gasteiger partial charge in [-0.2, -0.15) is 0 Å². The van der Waals surface area contributed by atoms with Gasteiger partial charge in [-0.3, -0.25) is 4.79 Å². The van der Waals surface area contributed by atoms with Gasteiger partial charge in [0.25, 0.3) is 5.91 Å². The second-order valence-electron chi connectivity index (χ2n) is 5.90. The number of carbonyl (C=O) groups excluding carboxylic acids is 1. The fourth-order valence-electron chi connectivity index (χ4n) is 2.80. The van der Waals surface area contributed by atoms with Crippen molar-refractivity contribution in [3.63, 3.8) is 0 Å². The van der Waals surface area contributed by atoms with Crippen molar-refractivity contribution in [3.05, 3.63) is 53.3 Å². The van der Waals surface area contributed by atoms with Crippen LogP contribution in [0.1, 0.15) is 40.9 Å². The van der Waals surface area contributed by atoms with Gasteiger partial charge in [0.2, 0.25) is 5.95 Å². The number of hydrogen-bond acceptors (Lipinski definition) is 4. The predicted molar refractivity (Wildman–Crippen MR) is 90.4 cm³/mol. The summed E-state index contributed by atoms with van der Waals surface area (Å²) >= 11 is 0. The summed E-state index contributed by atoms with van der Waals surface area (Å²) < 4.78 is 0. The number of nitrogens with zero attached hydrogens (tertiary/aromatic N) is 3. The summed E-state index contributed by atoms with van der Waals surface area (Å²) in [5.74, 6) is 0.502. The zero-order valence-electron chi connectivity index (χ0n) is 13.5. The van der Waals surface area contributed by atoms with Crippen LogP contribution in [0.2, 0.25) is 0 Å². The Labute approximate surface area is 136 Å². The van der Waals surface area contributed by atoms with Crippen molar-refractivity contribution in [2.75, 3.05) is 18.0 Å². The molecular weight excluding hydrogens is 288 g/mol. The Morgan fingerprint density at radius 1 is 1.17 bits per heavy atom. The lowest BCUT2D eigenvalue weighted by Gasteiger charge is -2.26. The lowest BCUT2D eigenvalue weighted by molar-refractivity contribution is 0.0945. The molecule has 1 aliphatic heterocycles. The zero-order chi connectivity index (χ0) is 16.1. The van der Waals surface area contributed by atoms with Crippen molar-refractivity contribution in [1.29, 1.82) is 0 Å². The van der Waals surface area contributed by atoms with Crippen molar-refractivity contribution >= 4 is 11.9 Å². The Morgan fingerprint density at radius 2 is 1.96 bits per heavy atom. The third-order valence-corrected chi connectivity index (χ3v) is 4.22. The van der Waals surface area contributed by atoms with Crippen LogP contribution in [-0.4, -0.2) is 29.0 Å². The normalized spacial score (nSPS) is 14.6. The monoisotopic (exact) mass is 310 g/mol. The summed E-state index contributed by atoms with van der Waals surface area (Å²) in [6, 6.07) is 9.71. The first-order valence-corrected chi connectivity index (χ1v) is 8.15. The first-order chi connectivity index (χ1) is 11.2. The highest BCUT2D eigenvalue weighted by atomic mass is 16.1. The Bertz CT molecular complexity index is 680. The van der Waals surface area contributed by atoms with Gasteiger partial charge in [0.05, 0.1) is 0 Å². The van der Waals surface area contributed by atoms with Gasteiger partial charge < -0.3 is 10.2 Å². The molecule has 0 saturated carbocycles. The standard InChI is InChI=1S/C18H22N4O/c1-14-7-3-4-8-15(14)13-20-17(23)16-9-10-19-18(21-16)22-11-5-2-6-12-22/h3-4,7-10H,2,5-6,11-13H2,1H3,(H,20,23). The maximum Gasteiger partial charge on any atom is 0.270 e. The third-order valence-electron chi connectivity index (χ3n) is 4.22. The Kier molecular flexibility index (Phi) is 4.86. The van der Waals surface area contributed by atoms with Gasteiger partial charge in [-0.1, -0.05) is 24.3 Å². The molecule has 0 bridgehead atoms. The summed E-state index contributed by atoms with van der Waals surface area (Å²) in [6.45, 7) is 4.48. The van der Waals surface area contributed by atoms with E-state index in [9.17, 15) is 4.79 Å². The molecule has 2 heterocycles. The highest BCUT2D eigenvalue weighted by Crippen LogP contribution is 2.15. The molecule has 1 amide bonds. The Hall–Kier alpha value is -2.43. The molecule has 2 aromatic rings. The van der Waals surface area contributed by atoms with E-state index in [1.54, 1.807) is 12.3 Å². The summed E-state index contributed by atoms with van der Waals surface area (Å²) in [5, 5.41) is 2.94. The van der Waals surface area contributed by atoms with Gasteiger partial charge >= 0.3 is 0 Å². The van der Waals surface area contributed by atoms with Crippen LogP contribution < -0.4 is 10.2 Å². The number of carbonyl (C=O) groups is 1. The van der Waals surface area contributed by atoms with Crippen LogP contribution in [0.15, 0.2) is 36.5 Å². The molecule has 3 rings (SSSR count). The third kappa shape index (κ3) is 3.86. The minimum Gasteiger partial charge on any atom is -0.347 e. The van der Waals surface area contributed by atoms with E-state index in [1.165, 1.54) is 12.0 Å². The van der Waals surface area contributed by atoms with E-state index in [0.717, 1.165) is 31.5 Å². The van der Waals surface area contributed by atoms with Crippen LogP contribution in [0.3, 0.4) is 0 Å². The molecule has 0 radical (unpaired) electrons. The maximum absolute atomic E-state index is 12.3. The van der Waals surface area contributed by atoms with E-state index in [1.807, 2.05) is 31.2 Å². The highest BCUT2D eigenvalue weighted by molar-refractivity contribution is 5.92. The van der Waals surface area contributed by atoms with E-state index in [2.05, 4.69) is 20.2 Å². The predicted octanol–water partition coefficient (Wildman–Crippen LogP) is 2.71. The molecule has 5 nitrogen and oxygen atoms in total. The first-order valence-electron chi connectivity index (χ1n) is 8.15. The van der Waals surface area contributed by atoms with Gasteiger partial charge in [0.1, 0.15) is 5.69 Å². The van der Waals surface area contributed by atoms with Crippen LogP contribution in [0.5, 0.6) is 0 Å². The van der Waals surface area contributed by atoms with Crippen LogP contribution in [-0.2, 0) is 6.54 Å². The van der Waals surface area contributed by atoms with Crippen molar-refractivity contribution in [2.24, 2.45) is 0 Å². The molecule has 0 spiro atoms. The largest absolute Gasteiger partial charge is 0.347 e. The number of hydrogen-bond donors (Lipinski definition) is 1. The topological polar surface area (TPSA) is 58.1 Å². The van der Waals surface area contributed by atoms with Gasteiger partial charge in [0.15, 0.2) is 0 Å². The van der Waals surface area contributed by atoms with Crippen LogP contribution in [0, 0.1) is 6.92 Å². The van der Waals surface area contributed by atoms with Crippen LogP contribution in [0.4, 0.5) is 5.95 Å². The summed E-state index contributed by atoms with van der Waals surface area (Å²) in [4.78, 5) is 23.2. The molecule has 1 aromatic heterocycles. The molecule has 0 aliphatic carbocycles. The number of nitrogens with one attached hydrogen (secondary N) is 1. The molecule has 1 aliphatic rings. The fraction of sp³-hybridized carbons (Fsp3) is 0.389. The summed E-state index contributed by atoms with van der Waals surface area (Å²) in [5.41, 5.74) is 2.71. The molecule has 1 aromatic carbocycles. The number of aromatic nitrogens is 2. The molecule has 120 valence electrons. The Morgan fingerprint density at radius 3 is 2.74 bits per heavy atom. The second-order valence-corrected chi connectivity index (χ2v) is 5.90. The highest BCUT2D eigenvalue weighted by Gasteiger charge is 2.15. The summed E-state index contributed by atoms with van der Waals surface area (Å²) in [7, 11) is 0. The number of amides is 1. The Balaban J connectivity index is 1.66. The molecule has 1 N–H and O–H groups in total. The average molecular weight is 310 g/mol. The lowest BCUT2D eigenvalue weighted by atomic mass is 10.1. The van der Waals surface area contributed by atoms with E-state index in [0.29, 0.717) is 18.2 Å². The van der Waals surface area contributed by atoms with Crippen LogP contribution >= 0.6 is 0 Å². The van der Waals surface area contributed by atoms with Gasteiger partial charge in [-0.05, 0) is 43.4 Å². The molecule has 1 fully saturated rings.